The fraction of sp³-hybridized carbons (Fsp3) is 0.316. The van der Waals surface area contributed by atoms with Crippen molar-refractivity contribution in [2.24, 2.45) is 0 Å². The molecular formula is C19H21N3O4. The number of rotatable bonds is 7. The summed E-state index contributed by atoms with van der Waals surface area (Å²) in [7, 11) is 1.64. The number of fused-ring (bicyclic) bond motifs is 1. The van der Waals surface area contributed by atoms with Crippen molar-refractivity contribution in [1.29, 1.82) is 0 Å². The lowest BCUT2D eigenvalue weighted by Gasteiger charge is -2.08. The Hall–Kier alpha value is -2.93. The van der Waals surface area contributed by atoms with Crippen LogP contribution in [0.1, 0.15) is 32.2 Å². The smallest absolute Gasteiger partial charge is 0.359 e. The molecule has 0 N–H and O–H groups in total. The number of aromatic nitrogens is 3. The van der Waals surface area contributed by atoms with Gasteiger partial charge in [0.1, 0.15) is 5.65 Å². The first-order valence-electron chi connectivity index (χ1n) is 8.31. The molecule has 3 aromatic heterocycles. The molecule has 0 radical (unpaired) electrons. The van der Waals surface area contributed by atoms with E-state index in [-0.39, 0.29) is 18.1 Å². The number of carbonyl (C=O) groups is 2. The van der Waals surface area contributed by atoms with E-state index in [9.17, 15) is 9.59 Å². The van der Waals surface area contributed by atoms with Crippen molar-refractivity contribution < 1.29 is 19.1 Å². The molecule has 136 valence electrons. The lowest BCUT2D eigenvalue weighted by Crippen LogP contribution is -2.15. The monoisotopic (exact) mass is 355 g/mol. The number of methoxy groups -OCH3 is 1. The number of aryl methyl sites for hydroxylation is 1. The van der Waals surface area contributed by atoms with Gasteiger partial charge in [-0.15, -0.1) is 0 Å². The van der Waals surface area contributed by atoms with Crippen molar-refractivity contribution in [1.82, 2.24) is 14.0 Å². The predicted octanol–water partition coefficient (Wildman–Crippen LogP) is 2.44. The van der Waals surface area contributed by atoms with Crippen LogP contribution in [0.5, 0.6) is 0 Å². The zero-order valence-electron chi connectivity index (χ0n) is 15.1. The maximum Gasteiger partial charge on any atom is 0.359 e. The quantitative estimate of drug-likeness (QED) is 0.481. The Balaban J connectivity index is 1.67. The fourth-order valence-corrected chi connectivity index (χ4v) is 2.93. The summed E-state index contributed by atoms with van der Waals surface area (Å²) in [6.45, 7) is 4.72. The molecular weight excluding hydrogens is 334 g/mol. The molecule has 0 saturated heterocycles. The third kappa shape index (κ3) is 3.52. The number of esters is 1. The third-order valence-electron chi connectivity index (χ3n) is 4.30. The van der Waals surface area contributed by atoms with Gasteiger partial charge in [-0.05, 0) is 32.0 Å². The van der Waals surface area contributed by atoms with Crippen molar-refractivity contribution in [2.45, 2.75) is 20.4 Å². The second-order valence-electron chi connectivity index (χ2n) is 6.02. The Kier molecular flexibility index (Phi) is 5.18. The van der Waals surface area contributed by atoms with Crippen molar-refractivity contribution in [3.05, 3.63) is 59.3 Å². The molecule has 7 nitrogen and oxygen atoms in total. The highest BCUT2D eigenvalue weighted by Crippen LogP contribution is 2.16. The first kappa shape index (κ1) is 17.9. The standard InChI is InChI=1S/C19H21N3O4/c1-13-10-15(14(2)22(13)8-9-25-3)17(23)12-26-19(24)16-11-21-7-5-4-6-18(21)20-16/h4-7,10-11H,8-9,12H2,1-3H3. The van der Waals surface area contributed by atoms with Crippen LogP contribution in [0, 0.1) is 13.8 Å². The highest BCUT2D eigenvalue weighted by atomic mass is 16.5. The van der Waals surface area contributed by atoms with Crippen molar-refractivity contribution in [3.8, 4) is 0 Å². The Morgan fingerprint density at radius 2 is 2.04 bits per heavy atom. The van der Waals surface area contributed by atoms with Crippen molar-refractivity contribution in [2.75, 3.05) is 20.3 Å². The molecule has 0 aliphatic heterocycles. The van der Waals surface area contributed by atoms with Crippen LogP contribution in [-0.2, 0) is 16.0 Å². The average molecular weight is 355 g/mol. The summed E-state index contributed by atoms with van der Waals surface area (Å²) in [5, 5.41) is 0. The van der Waals surface area contributed by atoms with E-state index >= 15 is 0 Å². The number of hydrogen-bond donors (Lipinski definition) is 0. The van der Waals surface area contributed by atoms with Gasteiger partial charge in [0.05, 0.1) is 6.61 Å². The van der Waals surface area contributed by atoms with Crippen LogP contribution in [0.4, 0.5) is 0 Å². The highest BCUT2D eigenvalue weighted by Gasteiger charge is 2.19. The molecule has 3 rings (SSSR count). The van der Waals surface area contributed by atoms with E-state index in [1.54, 1.807) is 30.0 Å². The van der Waals surface area contributed by atoms with Crippen LogP contribution >= 0.6 is 0 Å². The Labute approximate surface area is 151 Å². The van der Waals surface area contributed by atoms with Crippen molar-refractivity contribution in [3.63, 3.8) is 0 Å². The maximum absolute atomic E-state index is 12.5. The lowest BCUT2D eigenvalue weighted by molar-refractivity contribution is 0.0469. The topological polar surface area (TPSA) is 74.8 Å². The molecule has 0 spiro atoms. The van der Waals surface area contributed by atoms with E-state index < -0.39 is 5.97 Å². The summed E-state index contributed by atoms with van der Waals surface area (Å²) in [6.07, 6.45) is 3.37. The molecule has 0 aromatic carbocycles. The molecule has 3 aromatic rings. The number of hydrogen-bond acceptors (Lipinski definition) is 5. The number of Topliss-reactive ketones (excluding diaryl/α,β-unsaturated/α-hetero) is 1. The second kappa shape index (κ2) is 7.53. The predicted molar refractivity (Wildman–Crippen MR) is 95.6 cm³/mol. The lowest BCUT2D eigenvalue weighted by atomic mass is 10.1. The second-order valence-corrected chi connectivity index (χ2v) is 6.02. The number of nitrogens with zero attached hydrogens (tertiary/aromatic N) is 3. The first-order valence-corrected chi connectivity index (χ1v) is 8.31. The van der Waals surface area contributed by atoms with E-state index in [0.717, 1.165) is 11.4 Å². The van der Waals surface area contributed by atoms with Gasteiger partial charge >= 0.3 is 5.97 Å². The minimum absolute atomic E-state index is 0.176. The highest BCUT2D eigenvalue weighted by molar-refractivity contribution is 6.00. The number of ether oxygens (including phenoxy) is 2. The van der Waals surface area contributed by atoms with Gasteiger partial charge in [0, 0.05) is 43.0 Å². The molecule has 26 heavy (non-hydrogen) atoms. The van der Waals surface area contributed by atoms with E-state index in [2.05, 4.69) is 4.98 Å². The minimum Gasteiger partial charge on any atom is -0.453 e. The molecule has 0 saturated carbocycles. The normalized spacial score (nSPS) is 11.0. The minimum atomic E-state index is -0.616. The van der Waals surface area contributed by atoms with Gasteiger partial charge in [-0.3, -0.25) is 4.79 Å². The SMILES string of the molecule is COCCn1c(C)cc(C(=O)COC(=O)c2cn3ccccc3n2)c1C. The van der Waals surface area contributed by atoms with Crippen LogP contribution in [0.2, 0.25) is 0 Å². The maximum atomic E-state index is 12.5. The van der Waals surface area contributed by atoms with Crippen LogP contribution in [0.25, 0.3) is 5.65 Å². The number of ketones is 1. The van der Waals surface area contributed by atoms with Gasteiger partial charge < -0.3 is 18.4 Å². The molecule has 3 heterocycles. The molecule has 7 heteroatoms. The third-order valence-corrected chi connectivity index (χ3v) is 4.30. The summed E-state index contributed by atoms with van der Waals surface area (Å²) < 4.78 is 14.0. The van der Waals surface area contributed by atoms with Gasteiger partial charge in [0.15, 0.2) is 12.3 Å². The zero-order chi connectivity index (χ0) is 18.7. The molecule has 0 aliphatic carbocycles. The van der Waals surface area contributed by atoms with Gasteiger partial charge in [-0.2, -0.15) is 0 Å². The van der Waals surface area contributed by atoms with Crippen LogP contribution < -0.4 is 0 Å². The molecule has 0 unspecified atom stereocenters. The summed E-state index contributed by atoms with van der Waals surface area (Å²) in [4.78, 5) is 28.8. The summed E-state index contributed by atoms with van der Waals surface area (Å²) in [6, 6.07) is 7.27. The summed E-state index contributed by atoms with van der Waals surface area (Å²) in [5.74, 6) is -0.853. The summed E-state index contributed by atoms with van der Waals surface area (Å²) >= 11 is 0. The molecule has 0 atom stereocenters. The molecule has 0 bridgehead atoms. The number of imidazole rings is 1. The van der Waals surface area contributed by atoms with Gasteiger partial charge in [-0.1, -0.05) is 6.07 Å². The van der Waals surface area contributed by atoms with E-state index in [4.69, 9.17) is 9.47 Å². The van der Waals surface area contributed by atoms with E-state index in [0.29, 0.717) is 24.4 Å². The molecule has 0 amide bonds. The average Bonchev–Trinajstić information content (AvgIpc) is 3.19. The Bertz CT molecular complexity index is 922. The van der Waals surface area contributed by atoms with E-state index in [1.165, 1.54) is 0 Å². The molecule has 0 aliphatic rings. The fourth-order valence-electron chi connectivity index (χ4n) is 2.93. The largest absolute Gasteiger partial charge is 0.453 e. The summed E-state index contributed by atoms with van der Waals surface area (Å²) in [5.41, 5.74) is 3.19. The van der Waals surface area contributed by atoms with Gasteiger partial charge in [0.2, 0.25) is 5.78 Å². The first-order chi connectivity index (χ1) is 12.5. The van der Waals surface area contributed by atoms with Gasteiger partial charge in [-0.25, -0.2) is 9.78 Å². The van der Waals surface area contributed by atoms with Gasteiger partial charge in [0.25, 0.3) is 0 Å². The zero-order valence-corrected chi connectivity index (χ0v) is 15.1. The van der Waals surface area contributed by atoms with Crippen LogP contribution in [-0.4, -0.2) is 46.0 Å². The molecule has 0 fully saturated rings. The van der Waals surface area contributed by atoms with Crippen LogP contribution in [0.3, 0.4) is 0 Å². The number of pyridine rings is 1. The number of carbonyl (C=O) groups excluding carboxylic acids is 2. The van der Waals surface area contributed by atoms with Crippen LogP contribution in [0.15, 0.2) is 36.7 Å². The van der Waals surface area contributed by atoms with E-state index in [1.807, 2.05) is 36.6 Å². The Morgan fingerprint density at radius 1 is 1.23 bits per heavy atom. The Morgan fingerprint density at radius 3 is 2.77 bits per heavy atom. The van der Waals surface area contributed by atoms with Crippen molar-refractivity contribution >= 4 is 17.4 Å².